The molecule has 0 fully saturated rings. The summed E-state index contributed by atoms with van der Waals surface area (Å²) in [5, 5.41) is 0. The maximum atomic E-state index is 12.8. The Bertz CT molecular complexity index is 939. The van der Waals surface area contributed by atoms with Crippen molar-refractivity contribution in [2.45, 2.75) is 38.6 Å². The third-order valence-corrected chi connectivity index (χ3v) is 5.83. The molecule has 2 aromatic carbocycles. The van der Waals surface area contributed by atoms with E-state index >= 15 is 0 Å². The largest absolute Gasteiger partial charge is 0.492 e. The molecule has 1 amide bonds. The van der Waals surface area contributed by atoms with Crippen LogP contribution in [0.3, 0.4) is 0 Å². The molecule has 0 aliphatic heterocycles. The highest BCUT2D eigenvalue weighted by molar-refractivity contribution is 7.89. The Kier molecular flexibility index (Phi) is 7.21. The molecule has 7 heteroatoms. The van der Waals surface area contributed by atoms with Gasteiger partial charge in [0.05, 0.1) is 11.4 Å². The third kappa shape index (κ3) is 5.81. The maximum Gasteiger partial charge on any atom is 0.254 e. The van der Waals surface area contributed by atoms with E-state index in [1.165, 1.54) is 17.0 Å². The predicted molar refractivity (Wildman–Crippen MR) is 110 cm³/mol. The van der Waals surface area contributed by atoms with Crippen LogP contribution in [0.5, 0.6) is 5.75 Å². The van der Waals surface area contributed by atoms with Crippen LogP contribution in [0, 0.1) is 13.8 Å². The zero-order valence-electron chi connectivity index (χ0n) is 17.0. The maximum absolute atomic E-state index is 12.8. The second-order valence-electron chi connectivity index (χ2n) is 7.14. The van der Waals surface area contributed by atoms with Crippen molar-refractivity contribution in [1.29, 1.82) is 0 Å². The molecule has 2 rings (SSSR count). The summed E-state index contributed by atoms with van der Waals surface area (Å²) >= 11 is 0. The molecule has 28 heavy (non-hydrogen) atoms. The molecular formula is C21H28N2O4S. The first-order valence-corrected chi connectivity index (χ1v) is 10.7. The summed E-state index contributed by atoms with van der Waals surface area (Å²) in [6.07, 6.45) is 0. The fraction of sp³-hybridized carbons (Fsp3) is 0.381. The monoisotopic (exact) mass is 404 g/mol. The Morgan fingerprint density at radius 2 is 1.86 bits per heavy atom. The third-order valence-electron chi connectivity index (χ3n) is 4.17. The average molecular weight is 405 g/mol. The van der Waals surface area contributed by atoms with Crippen LogP contribution in [0.15, 0.2) is 47.4 Å². The van der Waals surface area contributed by atoms with E-state index in [9.17, 15) is 13.2 Å². The molecular weight excluding hydrogens is 376 g/mol. The first-order chi connectivity index (χ1) is 13.1. The van der Waals surface area contributed by atoms with Crippen molar-refractivity contribution < 1.29 is 17.9 Å². The van der Waals surface area contributed by atoms with Gasteiger partial charge in [-0.15, -0.1) is 0 Å². The molecule has 2 aromatic rings. The van der Waals surface area contributed by atoms with Gasteiger partial charge in [-0.2, -0.15) is 0 Å². The first kappa shape index (κ1) is 21.9. The van der Waals surface area contributed by atoms with Gasteiger partial charge in [0.1, 0.15) is 12.4 Å². The van der Waals surface area contributed by atoms with E-state index in [-0.39, 0.29) is 16.8 Å². The number of carbonyl (C=O) groups excluding carboxylic acids is 1. The fourth-order valence-corrected chi connectivity index (χ4v) is 3.97. The van der Waals surface area contributed by atoms with Crippen molar-refractivity contribution >= 4 is 15.9 Å². The van der Waals surface area contributed by atoms with E-state index in [4.69, 9.17) is 4.74 Å². The van der Waals surface area contributed by atoms with E-state index < -0.39 is 10.0 Å². The summed E-state index contributed by atoms with van der Waals surface area (Å²) in [5.41, 5.74) is 2.19. The van der Waals surface area contributed by atoms with Crippen LogP contribution >= 0.6 is 0 Å². The molecule has 0 aliphatic carbocycles. The van der Waals surface area contributed by atoms with Crippen molar-refractivity contribution in [3.8, 4) is 5.75 Å². The van der Waals surface area contributed by atoms with Crippen molar-refractivity contribution in [2.75, 3.05) is 20.2 Å². The van der Waals surface area contributed by atoms with Crippen LogP contribution in [-0.2, 0) is 10.0 Å². The number of aryl methyl sites for hydroxylation is 2. The molecule has 0 unspecified atom stereocenters. The lowest BCUT2D eigenvalue weighted by atomic mass is 10.1. The van der Waals surface area contributed by atoms with Crippen LogP contribution in [0.2, 0.25) is 0 Å². The molecule has 0 bridgehead atoms. The lowest BCUT2D eigenvalue weighted by molar-refractivity contribution is 0.0773. The van der Waals surface area contributed by atoms with Gasteiger partial charge in [-0.05, 0) is 63.1 Å². The standard InChI is InChI=1S/C21H28N2O4S/c1-15(2)22-28(25,26)19-10-9-17(4)20(14-19)21(24)23(5)11-12-27-18-8-6-7-16(3)13-18/h6-10,13-15,22H,11-12H2,1-5H3. The number of carbonyl (C=O) groups is 1. The average Bonchev–Trinajstić information content (AvgIpc) is 2.60. The van der Waals surface area contributed by atoms with Crippen LogP contribution in [0.4, 0.5) is 0 Å². The zero-order chi connectivity index (χ0) is 20.9. The summed E-state index contributed by atoms with van der Waals surface area (Å²) < 4.78 is 33.0. The fourth-order valence-electron chi connectivity index (χ4n) is 2.69. The van der Waals surface area contributed by atoms with Gasteiger partial charge in [0.25, 0.3) is 5.91 Å². The number of nitrogens with zero attached hydrogens (tertiary/aromatic N) is 1. The van der Waals surface area contributed by atoms with Gasteiger partial charge in [0.15, 0.2) is 0 Å². The van der Waals surface area contributed by atoms with E-state index in [0.29, 0.717) is 18.7 Å². The minimum atomic E-state index is -3.66. The second-order valence-corrected chi connectivity index (χ2v) is 8.86. The Morgan fingerprint density at radius 1 is 1.14 bits per heavy atom. The van der Waals surface area contributed by atoms with Gasteiger partial charge in [-0.1, -0.05) is 18.2 Å². The Hall–Kier alpha value is -2.38. The van der Waals surface area contributed by atoms with E-state index in [0.717, 1.165) is 16.9 Å². The van der Waals surface area contributed by atoms with Crippen LogP contribution in [0.1, 0.15) is 35.3 Å². The van der Waals surface area contributed by atoms with Crippen molar-refractivity contribution in [2.24, 2.45) is 0 Å². The van der Waals surface area contributed by atoms with Gasteiger partial charge in [0, 0.05) is 18.7 Å². The van der Waals surface area contributed by atoms with Crippen LogP contribution in [0.25, 0.3) is 0 Å². The normalized spacial score (nSPS) is 11.5. The Morgan fingerprint density at radius 3 is 2.50 bits per heavy atom. The molecule has 0 spiro atoms. The van der Waals surface area contributed by atoms with E-state index in [1.54, 1.807) is 33.9 Å². The Labute approximate surface area is 167 Å². The van der Waals surface area contributed by atoms with Gasteiger partial charge >= 0.3 is 0 Å². The number of sulfonamides is 1. The highest BCUT2D eigenvalue weighted by atomic mass is 32.2. The molecule has 0 radical (unpaired) electrons. The van der Waals surface area contributed by atoms with Crippen molar-refractivity contribution in [3.05, 3.63) is 59.2 Å². The molecule has 0 aliphatic rings. The highest BCUT2D eigenvalue weighted by Crippen LogP contribution is 2.18. The summed E-state index contributed by atoms with van der Waals surface area (Å²) in [5.74, 6) is 0.511. The molecule has 0 heterocycles. The van der Waals surface area contributed by atoms with Gasteiger partial charge in [0.2, 0.25) is 10.0 Å². The SMILES string of the molecule is Cc1cccc(OCCN(C)C(=O)c2cc(S(=O)(=O)NC(C)C)ccc2C)c1. The van der Waals surface area contributed by atoms with Crippen molar-refractivity contribution in [1.82, 2.24) is 9.62 Å². The molecule has 6 nitrogen and oxygen atoms in total. The van der Waals surface area contributed by atoms with Crippen molar-refractivity contribution in [3.63, 3.8) is 0 Å². The molecule has 1 N–H and O–H groups in total. The number of amides is 1. The van der Waals surface area contributed by atoms with Gasteiger partial charge < -0.3 is 9.64 Å². The zero-order valence-corrected chi connectivity index (χ0v) is 17.8. The quantitative estimate of drug-likeness (QED) is 0.733. The lowest BCUT2D eigenvalue weighted by Gasteiger charge is -2.19. The predicted octanol–water partition coefficient (Wildman–Crippen LogP) is 3.14. The minimum absolute atomic E-state index is 0.0829. The smallest absolute Gasteiger partial charge is 0.254 e. The summed E-state index contributed by atoms with van der Waals surface area (Å²) in [6, 6.07) is 12.1. The molecule has 0 aromatic heterocycles. The van der Waals surface area contributed by atoms with Gasteiger partial charge in [-0.3, -0.25) is 4.79 Å². The second kappa shape index (κ2) is 9.21. The summed E-state index contributed by atoms with van der Waals surface area (Å²) in [4.78, 5) is 14.4. The topological polar surface area (TPSA) is 75.7 Å². The highest BCUT2D eigenvalue weighted by Gasteiger charge is 2.20. The molecule has 0 saturated heterocycles. The Balaban J connectivity index is 2.08. The number of ether oxygens (including phenoxy) is 1. The summed E-state index contributed by atoms with van der Waals surface area (Å²) in [6.45, 7) is 8.00. The minimum Gasteiger partial charge on any atom is -0.492 e. The van der Waals surface area contributed by atoms with Gasteiger partial charge in [-0.25, -0.2) is 13.1 Å². The van der Waals surface area contributed by atoms with E-state index in [2.05, 4.69) is 4.72 Å². The lowest BCUT2D eigenvalue weighted by Crippen LogP contribution is -2.32. The van der Waals surface area contributed by atoms with Crippen LogP contribution in [-0.4, -0.2) is 45.5 Å². The first-order valence-electron chi connectivity index (χ1n) is 9.18. The number of likely N-dealkylation sites (N-methyl/N-ethyl adjacent to an activating group) is 1. The number of benzene rings is 2. The number of hydrogen-bond acceptors (Lipinski definition) is 4. The van der Waals surface area contributed by atoms with Crippen LogP contribution < -0.4 is 9.46 Å². The molecule has 152 valence electrons. The number of hydrogen-bond donors (Lipinski definition) is 1. The molecule has 0 atom stereocenters. The molecule has 0 saturated carbocycles. The van der Waals surface area contributed by atoms with E-state index in [1.807, 2.05) is 31.2 Å². The number of rotatable bonds is 8. The number of nitrogens with one attached hydrogen (secondary N) is 1. The summed E-state index contributed by atoms with van der Waals surface area (Å²) in [7, 11) is -1.99.